The van der Waals surface area contributed by atoms with Crippen molar-refractivity contribution in [2.75, 3.05) is 0 Å². The lowest BCUT2D eigenvalue weighted by Crippen LogP contribution is -2.22. The van der Waals surface area contributed by atoms with Crippen LogP contribution in [-0.4, -0.2) is 5.11 Å². The minimum absolute atomic E-state index is 0.397. The quantitative estimate of drug-likeness (QED) is 0.771. The summed E-state index contributed by atoms with van der Waals surface area (Å²) in [6.45, 7) is 0. The maximum atomic E-state index is 10.7. The molecule has 2 aliphatic carbocycles. The number of hydrogen-bond donors (Lipinski definition) is 2. The van der Waals surface area contributed by atoms with Crippen LogP contribution in [0.25, 0.3) is 11.1 Å². The van der Waals surface area contributed by atoms with Crippen LogP contribution in [0.1, 0.15) is 47.1 Å². The van der Waals surface area contributed by atoms with Gasteiger partial charge in [-0.15, -0.1) is 0 Å². The van der Waals surface area contributed by atoms with Crippen molar-refractivity contribution in [2.45, 2.75) is 37.7 Å². The fourth-order valence-corrected chi connectivity index (χ4v) is 4.80. The van der Waals surface area contributed by atoms with E-state index < -0.39 is 6.10 Å². The Morgan fingerprint density at radius 1 is 0.885 bits per heavy atom. The van der Waals surface area contributed by atoms with Gasteiger partial charge in [-0.2, -0.15) is 0 Å². The van der Waals surface area contributed by atoms with Gasteiger partial charge in [-0.1, -0.05) is 48.6 Å². The van der Waals surface area contributed by atoms with E-state index in [1.807, 2.05) is 18.3 Å². The average Bonchev–Trinajstić information content (AvgIpc) is 2.97. The first-order valence-electron chi connectivity index (χ1n) is 9.55. The van der Waals surface area contributed by atoms with Crippen molar-refractivity contribution in [2.24, 2.45) is 0 Å². The van der Waals surface area contributed by atoms with Crippen LogP contribution < -0.4 is 5.32 Å². The summed E-state index contributed by atoms with van der Waals surface area (Å²) in [5.41, 5.74) is 9.11. The van der Waals surface area contributed by atoms with Gasteiger partial charge >= 0.3 is 0 Å². The molecule has 5 rings (SSSR count). The van der Waals surface area contributed by atoms with Crippen molar-refractivity contribution in [3.8, 4) is 11.1 Å². The largest absolute Gasteiger partial charge is 0.388 e. The van der Waals surface area contributed by atoms with E-state index in [4.69, 9.17) is 0 Å². The topological polar surface area (TPSA) is 32.3 Å². The monoisotopic (exact) mass is 341 g/mol. The minimum Gasteiger partial charge on any atom is -0.388 e. The molecule has 2 unspecified atom stereocenters. The highest BCUT2D eigenvalue weighted by Crippen LogP contribution is 2.45. The van der Waals surface area contributed by atoms with E-state index in [0.29, 0.717) is 5.92 Å². The van der Waals surface area contributed by atoms with Crippen LogP contribution in [0.15, 0.2) is 72.6 Å². The third-order valence-electron chi connectivity index (χ3n) is 5.99. The van der Waals surface area contributed by atoms with Crippen LogP contribution in [0.2, 0.25) is 0 Å². The van der Waals surface area contributed by atoms with Gasteiger partial charge < -0.3 is 10.4 Å². The molecule has 1 heterocycles. The van der Waals surface area contributed by atoms with E-state index in [2.05, 4.69) is 53.9 Å². The Labute approximate surface area is 154 Å². The number of rotatable bonds is 1. The zero-order valence-corrected chi connectivity index (χ0v) is 14.8. The third-order valence-corrected chi connectivity index (χ3v) is 5.99. The summed E-state index contributed by atoms with van der Waals surface area (Å²) in [6, 6.07) is 12.9. The fraction of sp³-hybridized carbons (Fsp3) is 0.250. The Morgan fingerprint density at radius 2 is 1.81 bits per heavy atom. The van der Waals surface area contributed by atoms with Crippen LogP contribution in [0, 0.1) is 0 Å². The summed E-state index contributed by atoms with van der Waals surface area (Å²) in [5, 5.41) is 14.2. The third kappa shape index (κ3) is 2.45. The zero-order valence-electron chi connectivity index (χ0n) is 14.8. The summed E-state index contributed by atoms with van der Waals surface area (Å²) >= 11 is 0. The van der Waals surface area contributed by atoms with Crippen LogP contribution in [0.4, 0.5) is 0 Å². The maximum absolute atomic E-state index is 10.7. The van der Waals surface area contributed by atoms with E-state index in [9.17, 15) is 5.11 Å². The molecule has 0 aromatic heterocycles. The van der Waals surface area contributed by atoms with Gasteiger partial charge in [-0.3, -0.25) is 0 Å². The number of hydrogen-bond acceptors (Lipinski definition) is 2. The normalized spacial score (nSPS) is 23.2. The van der Waals surface area contributed by atoms with Crippen molar-refractivity contribution < 1.29 is 5.11 Å². The lowest BCUT2D eigenvalue weighted by Gasteiger charge is -2.33. The lowest BCUT2D eigenvalue weighted by molar-refractivity contribution is 0.177. The van der Waals surface area contributed by atoms with Crippen LogP contribution >= 0.6 is 0 Å². The Morgan fingerprint density at radius 3 is 2.77 bits per heavy atom. The van der Waals surface area contributed by atoms with Gasteiger partial charge in [0.05, 0.1) is 6.10 Å². The number of nitrogens with one attached hydrogen (secondary N) is 1. The number of aliphatic hydroxyl groups is 1. The molecule has 0 spiro atoms. The molecule has 2 aromatic rings. The summed E-state index contributed by atoms with van der Waals surface area (Å²) in [6.07, 6.45) is 14.2. The van der Waals surface area contributed by atoms with Crippen molar-refractivity contribution >= 4 is 0 Å². The smallest absolute Gasteiger partial charge is 0.0836 e. The predicted octanol–water partition coefficient (Wildman–Crippen LogP) is 4.92. The molecular weight excluding hydrogens is 318 g/mol. The molecule has 2 N–H and O–H groups in total. The summed E-state index contributed by atoms with van der Waals surface area (Å²) in [4.78, 5) is 0. The van der Waals surface area contributed by atoms with Crippen molar-refractivity contribution in [3.63, 3.8) is 0 Å². The van der Waals surface area contributed by atoms with Gasteiger partial charge in [0.1, 0.15) is 0 Å². The molecule has 0 amide bonds. The van der Waals surface area contributed by atoms with Gasteiger partial charge in [0.15, 0.2) is 0 Å². The van der Waals surface area contributed by atoms with Crippen molar-refractivity contribution in [3.05, 3.63) is 94.9 Å². The van der Waals surface area contributed by atoms with Crippen molar-refractivity contribution in [1.29, 1.82) is 0 Å². The number of benzene rings is 2. The number of aliphatic hydroxyl groups excluding tert-OH is 1. The average molecular weight is 341 g/mol. The molecule has 130 valence electrons. The summed E-state index contributed by atoms with van der Waals surface area (Å²) in [5.74, 6) is 0.408. The van der Waals surface area contributed by atoms with Gasteiger partial charge in [-0.25, -0.2) is 0 Å². The Bertz CT molecular complexity index is 951. The Hall–Kier alpha value is -2.58. The molecule has 0 saturated carbocycles. The van der Waals surface area contributed by atoms with E-state index in [1.165, 1.54) is 46.4 Å². The second-order valence-corrected chi connectivity index (χ2v) is 7.42. The molecule has 2 atom stereocenters. The molecule has 26 heavy (non-hydrogen) atoms. The van der Waals surface area contributed by atoms with Gasteiger partial charge in [-0.05, 0) is 64.8 Å². The molecule has 2 heteroatoms. The molecule has 0 saturated heterocycles. The first-order valence-corrected chi connectivity index (χ1v) is 9.55. The number of allylic oxidation sites excluding steroid dienone is 5. The highest BCUT2D eigenvalue weighted by Gasteiger charge is 2.30. The Balaban J connectivity index is 1.64. The molecule has 0 fully saturated rings. The second-order valence-electron chi connectivity index (χ2n) is 7.42. The molecule has 2 aromatic carbocycles. The Kier molecular flexibility index (Phi) is 3.79. The minimum atomic E-state index is -0.397. The highest BCUT2D eigenvalue weighted by atomic mass is 16.3. The van der Waals surface area contributed by atoms with E-state index in [0.717, 1.165) is 18.4 Å². The van der Waals surface area contributed by atoms with Crippen molar-refractivity contribution in [1.82, 2.24) is 5.32 Å². The van der Waals surface area contributed by atoms with E-state index in [-0.39, 0.29) is 0 Å². The summed E-state index contributed by atoms with van der Waals surface area (Å²) < 4.78 is 0. The van der Waals surface area contributed by atoms with Gasteiger partial charge in [0, 0.05) is 24.2 Å². The SMILES string of the molecule is OC1Cc2c(ccc3c2CCCC3C2=CC=CC=CN2)-c2ccccc21. The molecule has 3 aliphatic rings. The molecule has 1 aliphatic heterocycles. The van der Waals surface area contributed by atoms with Crippen LogP contribution in [-0.2, 0) is 12.8 Å². The van der Waals surface area contributed by atoms with E-state index in [1.54, 1.807) is 0 Å². The molecule has 2 nitrogen and oxygen atoms in total. The number of fused-ring (bicyclic) bond motifs is 5. The van der Waals surface area contributed by atoms with Gasteiger partial charge in [0.2, 0.25) is 0 Å². The first-order chi connectivity index (χ1) is 12.8. The maximum Gasteiger partial charge on any atom is 0.0836 e. The standard InChI is InChI=1S/C24H23NO/c26-24-15-22-17-9-6-10-20(23-11-2-1-5-14-25-23)18(17)12-13-19(22)16-7-3-4-8-21(16)24/h1-5,7-8,11-14,20,24-26H,6,9-10,15H2. The molecule has 0 bridgehead atoms. The molecular formula is C24H23NO. The summed E-state index contributed by atoms with van der Waals surface area (Å²) in [7, 11) is 0. The lowest BCUT2D eigenvalue weighted by atomic mass is 9.73. The fourth-order valence-electron chi connectivity index (χ4n) is 4.80. The highest BCUT2D eigenvalue weighted by molar-refractivity contribution is 5.76. The molecule has 0 radical (unpaired) electrons. The first kappa shape index (κ1) is 15.7. The van der Waals surface area contributed by atoms with Crippen LogP contribution in [0.3, 0.4) is 0 Å². The second kappa shape index (κ2) is 6.30. The predicted molar refractivity (Wildman–Crippen MR) is 106 cm³/mol. The van der Waals surface area contributed by atoms with Gasteiger partial charge in [0.25, 0.3) is 0 Å². The zero-order chi connectivity index (χ0) is 17.5. The van der Waals surface area contributed by atoms with E-state index >= 15 is 0 Å². The van der Waals surface area contributed by atoms with Crippen LogP contribution in [0.5, 0.6) is 0 Å².